The summed E-state index contributed by atoms with van der Waals surface area (Å²) in [6, 6.07) is 5.08. The summed E-state index contributed by atoms with van der Waals surface area (Å²) in [5.74, 6) is 1.54. The number of aryl methyl sites for hydroxylation is 1. The Morgan fingerprint density at radius 1 is 1.22 bits per heavy atom. The van der Waals surface area contributed by atoms with E-state index < -0.39 is 0 Å². The number of hydrogen-bond acceptors (Lipinski definition) is 1. The lowest BCUT2D eigenvalue weighted by atomic mass is 9.79. The number of ether oxygens (including phenoxy) is 1. The van der Waals surface area contributed by atoms with Crippen LogP contribution >= 0.6 is 0 Å². The molecule has 0 bridgehead atoms. The Balaban J connectivity index is 1.77. The van der Waals surface area contributed by atoms with Crippen LogP contribution in [-0.2, 0) is 0 Å². The van der Waals surface area contributed by atoms with E-state index in [-0.39, 0.29) is 5.82 Å². The van der Waals surface area contributed by atoms with Crippen molar-refractivity contribution in [2.45, 2.75) is 39.5 Å². The molecule has 0 heterocycles. The molecule has 1 nitrogen and oxygen atoms in total. The molecule has 1 aromatic carbocycles. The summed E-state index contributed by atoms with van der Waals surface area (Å²) in [5.41, 5.74) is 2.91. The first-order valence-electron chi connectivity index (χ1n) is 8.37. The zero-order valence-electron chi connectivity index (χ0n) is 14.3. The Morgan fingerprint density at radius 3 is 2.52 bits per heavy atom. The van der Waals surface area contributed by atoms with E-state index in [9.17, 15) is 4.39 Å². The average Bonchev–Trinajstić information content (AvgIpc) is 2.54. The molecule has 0 saturated heterocycles. The van der Waals surface area contributed by atoms with E-state index in [0.717, 1.165) is 31.3 Å². The van der Waals surface area contributed by atoms with E-state index in [1.165, 1.54) is 11.6 Å². The summed E-state index contributed by atoms with van der Waals surface area (Å²) >= 11 is 0. The van der Waals surface area contributed by atoms with E-state index in [1.807, 2.05) is 19.1 Å². The van der Waals surface area contributed by atoms with Crippen molar-refractivity contribution in [2.24, 2.45) is 11.8 Å². The van der Waals surface area contributed by atoms with Gasteiger partial charge >= 0.3 is 0 Å². The number of benzene rings is 1. The van der Waals surface area contributed by atoms with Gasteiger partial charge in [-0.15, -0.1) is 0 Å². The SMILES string of the molecule is C=C(C)/C=C\C(=C)C1CCC(COc2ccc(C)c(F)c2)CC1. The van der Waals surface area contributed by atoms with E-state index in [0.29, 0.717) is 29.8 Å². The summed E-state index contributed by atoms with van der Waals surface area (Å²) < 4.78 is 19.3. The van der Waals surface area contributed by atoms with Gasteiger partial charge in [0.05, 0.1) is 6.61 Å². The smallest absolute Gasteiger partial charge is 0.129 e. The summed E-state index contributed by atoms with van der Waals surface area (Å²) in [6.07, 6.45) is 8.70. The van der Waals surface area contributed by atoms with Crippen molar-refractivity contribution in [1.82, 2.24) is 0 Å². The van der Waals surface area contributed by atoms with E-state index >= 15 is 0 Å². The van der Waals surface area contributed by atoms with Crippen molar-refractivity contribution in [3.63, 3.8) is 0 Å². The van der Waals surface area contributed by atoms with Crippen molar-refractivity contribution in [1.29, 1.82) is 0 Å². The molecule has 0 N–H and O–H groups in total. The fraction of sp³-hybridized carbons (Fsp3) is 0.429. The summed E-state index contributed by atoms with van der Waals surface area (Å²) in [5, 5.41) is 0. The van der Waals surface area contributed by atoms with Gasteiger partial charge < -0.3 is 4.74 Å². The highest BCUT2D eigenvalue weighted by Gasteiger charge is 2.22. The Labute approximate surface area is 139 Å². The van der Waals surface area contributed by atoms with Gasteiger partial charge in [-0.1, -0.05) is 42.5 Å². The van der Waals surface area contributed by atoms with E-state index in [4.69, 9.17) is 4.74 Å². The number of hydrogen-bond donors (Lipinski definition) is 0. The van der Waals surface area contributed by atoms with Crippen molar-refractivity contribution in [2.75, 3.05) is 6.61 Å². The molecule has 0 aromatic heterocycles. The molecule has 0 radical (unpaired) electrons. The second-order valence-corrected chi connectivity index (χ2v) is 6.69. The maximum Gasteiger partial charge on any atom is 0.129 e. The third kappa shape index (κ3) is 5.38. The Morgan fingerprint density at radius 2 is 1.91 bits per heavy atom. The third-order valence-corrected chi connectivity index (χ3v) is 4.58. The topological polar surface area (TPSA) is 9.23 Å². The van der Waals surface area contributed by atoms with E-state index in [2.05, 4.69) is 19.2 Å². The minimum absolute atomic E-state index is 0.202. The van der Waals surface area contributed by atoms with Crippen LogP contribution in [-0.4, -0.2) is 6.61 Å². The second kappa shape index (κ2) is 8.14. The van der Waals surface area contributed by atoms with Gasteiger partial charge in [-0.3, -0.25) is 0 Å². The lowest BCUT2D eigenvalue weighted by Gasteiger charge is -2.29. The van der Waals surface area contributed by atoms with Crippen LogP contribution in [0.1, 0.15) is 38.2 Å². The van der Waals surface area contributed by atoms with Crippen LogP contribution in [0.5, 0.6) is 5.75 Å². The monoisotopic (exact) mass is 314 g/mol. The Bertz CT molecular complexity index is 592. The summed E-state index contributed by atoms with van der Waals surface area (Å²) in [4.78, 5) is 0. The minimum atomic E-state index is -0.202. The zero-order valence-corrected chi connectivity index (χ0v) is 14.3. The Kier molecular flexibility index (Phi) is 6.20. The first kappa shape index (κ1) is 17.5. The Hall–Kier alpha value is -1.83. The number of allylic oxidation sites excluding steroid dienone is 4. The predicted molar refractivity (Wildman–Crippen MR) is 95.2 cm³/mol. The molecule has 124 valence electrons. The van der Waals surface area contributed by atoms with Gasteiger partial charge in [0.2, 0.25) is 0 Å². The summed E-state index contributed by atoms with van der Waals surface area (Å²) in [6.45, 7) is 12.5. The first-order valence-corrected chi connectivity index (χ1v) is 8.37. The summed E-state index contributed by atoms with van der Waals surface area (Å²) in [7, 11) is 0. The predicted octanol–water partition coefficient (Wildman–Crippen LogP) is 6.01. The molecule has 2 heteroatoms. The van der Waals surface area contributed by atoms with Crippen LogP contribution in [0.15, 0.2) is 54.7 Å². The van der Waals surface area contributed by atoms with Crippen molar-refractivity contribution in [3.8, 4) is 5.75 Å². The van der Waals surface area contributed by atoms with Crippen LogP contribution in [0, 0.1) is 24.6 Å². The van der Waals surface area contributed by atoms with Gasteiger partial charge in [0.15, 0.2) is 0 Å². The molecule has 1 aromatic rings. The lowest BCUT2D eigenvalue weighted by Crippen LogP contribution is -2.20. The molecular weight excluding hydrogens is 287 g/mol. The second-order valence-electron chi connectivity index (χ2n) is 6.69. The van der Waals surface area contributed by atoms with Crippen molar-refractivity contribution < 1.29 is 9.13 Å². The molecule has 1 saturated carbocycles. The van der Waals surface area contributed by atoms with Crippen LogP contribution in [0.4, 0.5) is 4.39 Å². The molecule has 1 aliphatic carbocycles. The van der Waals surface area contributed by atoms with Crippen molar-refractivity contribution in [3.05, 3.63) is 66.0 Å². The zero-order chi connectivity index (χ0) is 16.8. The van der Waals surface area contributed by atoms with E-state index in [1.54, 1.807) is 13.0 Å². The molecule has 1 aliphatic rings. The number of rotatable bonds is 6. The normalized spacial score (nSPS) is 21.3. The molecule has 1 fully saturated rings. The highest BCUT2D eigenvalue weighted by atomic mass is 19.1. The maximum absolute atomic E-state index is 13.5. The molecule has 0 atom stereocenters. The van der Waals surface area contributed by atoms with Gasteiger partial charge in [-0.05, 0) is 63.0 Å². The molecular formula is C21H27FO. The fourth-order valence-electron chi connectivity index (χ4n) is 2.96. The molecule has 0 unspecified atom stereocenters. The van der Waals surface area contributed by atoms with Crippen LogP contribution in [0.3, 0.4) is 0 Å². The molecule has 0 spiro atoms. The quantitative estimate of drug-likeness (QED) is 0.584. The van der Waals surface area contributed by atoms with Gasteiger partial charge in [0.1, 0.15) is 11.6 Å². The van der Waals surface area contributed by atoms with Crippen LogP contribution in [0.25, 0.3) is 0 Å². The van der Waals surface area contributed by atoms with Gasteiger partial charge in [0.25, 0.3) is 0 Å². The van der Waals surface area contributed by atoms with Gasteiger partial charge in [0, 0.05) is 6.07 Å². The minimum Gasteiger partial charge on any atom is -0.493 e. The molecule has 2 rings (SSSR count). The van der Waals surface area contributed by atoms with Crippen molar-refractivity contribution >= 4 is 0 Å². The average molecular weight is 314 g/mol. The third-order valence-electron chi connectivity index (χ3n) is 4.58. The molecule has 23 heavy (non-hydrogen) atoms. The lowest BCUT2D eigenvalue weighted by molar-refractivity contribution is 0.192. The largest absolute Gasteiger partial charge is 0.493 e. The van der Waals surface area contributed by atoms with Crippen LogP contribution < -0.4 is 4.74 Å². The van der Waals surface area contributed by atoms with Gasteiger partial charge in [-0.25, -0.2) is 4.39 Å². The molecule has 0 amide bonds. The van der Waals surface area contributed by atoms with Gasteiger partial charge in [-0.2, -0.15) is 0 Å². The first-order chi connectivity index (χ1) is 11.0. The molecule has 0 aliphatic heterocycles. The van der Waals surface area contributed by atoms with Crippen LogP contribution in [0.2, 0.25) is 0 Å². The highest BCUT2D eigenvalue weighted by molar-refractivity contribution is 5.28. The number of halogens is 1. The standard InChI is InChI=1S/C21H27FO/c1-15(2)5-6-16(3)19-10-8-18(9-11-19)14-23-20-12-7-17(4)21(22)13-20/h5-7,12-13,18-19H,1,3,8-11,14H2,2,4H3/b6-5-. The maximum atomic E-state index is 13.5. The fourth-order valence-corrected chi connectivity index (χ4v) is 2.96. The highest BCUT2D eigenvalue weighted by Crippen LogP contribution is 2.33.